The van der Waals surface area contributed by atoms with Crippen LogP contribution in [0.1, 0.15) is 46.9 Å². The Hall–Kier alpha value is -2.43. The van der Waals surface area contributed by atoms with E-state index in [1.807, 2.05) is 6.92 Å². The predicted molar refractivity (Wildman–Crippen MR) is 139 cm³/mol. The molecular weight excluding hydrogens is 598 g/mol. The Morgan fingerprint density at radius 3 is 1.71 bits per heavy atom. The minimum absolute atomic E-state index is 0. The minimum Gasteiger partial charge on any atom is -0.400 e. The maximum Gasteiger partial charge on any atom is 0.364 e. The molecule has 0 aliphatic heterocycles. The lowest BCUT2D eigenvalue weighted by Crippen LogP contribution is -2.10. The van der Waals surface area contributed by atoms with Gasteiger partial charge in [-0.05, 0) is 66.6 Å². The van der Waals surface area contributed by atoms with Gasteiger partial charge in [0.15, 0.2) is 0 Å². The van der Waals surface area contributed by atoms with Crippen molar-refractivity contribution in [1.82, 2.24) is 9.97 Å². The molecule has 4 unspecified atom stereocenters. The molecule has 0 aromatic carbocycles. The highest BCUT2D eigenvalue weighted by molar-refractivity contribution is 7.93. The standard InChI is InChI=1S/C10H10ClF2N3OS.C10H10ClF2N3S.CH4O.FH/c1-7(18(2,17)16-6-14)8-3-4-9(15-5-8)10(11,12)13;1-7(17(2)16-6-14)8-3-4-9(15-5-8)10(11,12)13;1-2;/h3-5,7H,1-2H3;3-5,7H,1-2H3;2H,1H3;1H. The third-order valence-corrected chi connectivity index (χ3v) is 8.75. The highest BCUT2D eigenvalue weighted by atomic mass is 35.5. The van der Waals surface area contributed by atoms with Crippen molar-refractivity contribution in [3.63, 3.8) is 0 Å². The van der Waals surface area contributed by atoms with Crippen LogP contribution in [-0.4, -0.2) is 38.9 Å². The highest BCUT2D eigenvalue weighted by Crippen LogP contribution is 2.32. The number of aromatic nitrogens is 2. The lowest BCUT2D eigenvalue weighted by Gasteiger charge is -2.13. The van der Waals surface area contributed by atoms with Gasteiger partial charge in [-0.1, -0.05) is 22.8 Å². The summed E-state index contributed by atoms with van der Waals surface area (Å²) >= 11 is 9.66. The summed E-state index contributed by atoms with van der Waals surface area (Å²) in [5.41, 5.74) is 0.133. The number of rotatable bonds is 6. The lowest BCUT2D eigenvalue weighted by atomic mass is 10.2. The summed E-state index contributed by atoms with van der Waals surface area (Å²) in [6.45, 7) is 3.44. The summed E-state index contributed by atoms with van der Waals surface area (Å²) in [4.78, 5) is 7.12. The van der Waals surface area contributed by atoms with E-state index in [2.05, 4.69) is 18.7 Å². The molecule has 212 valence electrons. The number of alkyl halides is 6. The molecule has 1 N–H and O–H groups in total. The van der Waals surface area contributed by atoms with Crippen molar-refractivity contribution in [2.24, 2.45) is 8.73 Å². The van der Waals surface area contributed by atoms with Crippen LogP contribution in [0.3, 0.4) is 0 Å². The van der Waals surface area contributed by atoms with Crippen molar-refractivity contribution in [2.75, 3.05) is 19.6 Å². The summed E-state index contributed by atoms with van der Waals surface area (Å²) in [5, 5.41) is 16.2. The van der Waals surface area contributed by atoms with Gasteiger partial charge in [0.1, 0.15) is 11.4 Å². The monoisotopic (exact) mass is 622 g/mol. The fourth-order valence-corrected chi connectivity index (χ4v) is 4.39. The smallest absolute Gasteiger partial charge is 0.364 e. The summed E-state index contributed by atoms with van der Waals surface area (Å²) in [7, 11) is -2.25. The molecule has 0 radical (unpaired) electrons. The number of nitrogens with zero attached hydrogens (tertiary/aromatic N) is 6. The molecule has 2 aromatic heterocycles. The number of hydrogen-bond donors (Lipinski definition) is 1. The number of nitriles is 2. The van der Waals surface area contributed by atoms with E-state index in [4.69, 9.17) is 38.8 Å². The van der Waals surface area contributed by atoms with E-state index in [0.29, 0.717) is 5.56 Å². The van der Waals surface area contributed by atoms with Gasteiger partial charge in [0.25, 0.3) is 0 Å². The van der Waals surface area contributed by atoms with Crippen LogP contribution in [0.5, 0.6) is 0 Å². The third-order valence-electron chi connectivity index (χ3n) is 4.67. The van der Waals surface area contributed by atoms with Gasteiger partial charge in [0.05, 0.1) is 15.0 Å². The maximum atomic E-state index is 12.7. The van der Waals surface area contributed by atoms with Gasteiger partial charge in [-0.2, -0.15) is 32.4 Å². The van der Waals surface area contributed by atoms with Gasteiger partial charge in [-0.3, -0.25) is 14.7 Å². The largest absolute Gasteiger partial charge is 0.400 e. The van der Waals surface area contributed by atoms with Crippen molar-refractivity contribution in [1.29, 1.82) is 10.5 Å². The van der Waals surface area contributed by atoms with Gasteiger partial charge in [0.2, 0.25) is 12.4 Å². The first-order valence-corrected chi connectivity index (χ1v) is 14.3. The van der Waals surface area contributed by atoms with Crippen LogP contribution in [0, 0.1) is 22.9 Å². The number of pyridine rings is 2. The quantitative estimate of drug-likeness (QED) is 0.234. The summed E-state index contributed by atoms with van der Waals surface area (Å²) in [6, 6.07) is 5.11. The van der Waals surface area contributed by atoms with Crippen LogP contribution in [0.25, 0.3) is 0 Å². The molecule has 0 aliphatic rings. The van der Waals surface area contributed by atoms with Gasteiger partial charge < -0.3 is 5.11 Å². The van der Waals surface area contributed by atoms with Gasteiger partial charge in [-0.15, -0.1) is 4.36 Å². The lowest BCUT2D eigenvalue weighted by molar-refractivity contribution is 0.0894. The Morgan fingerprint density at radius 1 is 0.974 bits per heavy atom. The van der Waals surface area contributed by atoms with Crippen molar-refractivity contribution < 1.29 is 31.6 Å². The van der Waals surface area contributed by atoms with E-state index >= 15 is 0 Å². The minimum atomic E-state index is -3.54. The van der Waals surface area contributed by atoms with Crippen molar-refractivity contribution in [2.45, 2.75) is 35.1 Å². The molecule has 2 aromatic rings. The van der Waals surface area contributed by atoms with Gasteiger partial charge >= 0.3 is 10.8 Å². The predicted octanol–water partition coefficient (Wildman–Crippen LogP) is 6.11. The number of hydrogen-bond acceptors (Lipinski definition) is 8. The van der Waals surface area contributed by atoms with E-state index in [1.165, 1.54) is 36.8 Å². The Bertz CT molecular complexity index is 1250. The molecule has 0 saturated heterocycles. The zero-order valence-electron chi connectivity index (χ0n) is 20.7. The molecule has 0 spiro atoms. The normalized spacial score (nSPS) is 14.8. The summed E-state index contributed by atoms with van der Waals surface area (Å²) in [6.07, 6.45) is 8.84. The molecule has 0 fully saturated rings. The molecule has 2 rings (SSSR count). The second-order valence-corrected chi connectivity index (χ2v) is 12.5. The molecule has 4 atom stereocenters. The molecule has 8 nitrogen and oxygen atoms in total. The van der Waals surface area contributed by atoms with E-state index in [-0.39, 0.29) is 9.95 Å². The molecule has 0 amide bonds. The maximum absolute atomic E-state index is 12.7. The van der Waals surface area contributed by atoms with E-state index in [0.717, 1.165) is 24.9 Å². The zero-order valence-corrected chi connectivity index (χ0v) is 23.8. The molecule has 0 aliphatic carbocycles. The van der Waals surface area contributed by atoms with Crippen LogP contribution in [0.2, 0.25) is 0 Å². The first kappa shape index (κ1) is 37.7. The van der Waals surface area contributed by atoms with Crippen LogP contribution in [0.4, 0.5) is 22.3 Å². The van der Waals surface area contributed by atoms with Crippen LogP contribution >= 0.6 is 23.2 Å². The van der Waals surface area contributed by atoms with Crippen molar-refractivity contribution in [3.05, 3.63) is 59.2 Å². The van der Waals surface area contributed by atoms with Crippen molar-refractivity contribution in [3.8, 4) is 12.4 Å². The Kier molecular flexibility index (Phi) is 16.4. The first-order chi connectivity index (χ1) is 17.0. The van der Waals surface area contributed by atoms with Crippen molar-refractivity contribution >= 4 is 43.6 Å². The highest BCUT2D eigenvalue weighted by Gasteiger charge is 2.30. The van der Waals surface area contributed by atoms with E-state index in [9.17, 15) is 21.8 Å². The molecule has 2 heterocycles. The fraction of sp³-hybridized carbons (Fsp3) is 0.429. The molecule has 17 heteroatoms. The molecular formula is C21H25Cl2F5N6O2S2. The van der Waals surface area contributed by atoms with Gasteiger partial charge in [-0.25, -0.2) is 4.21 Å². The van der Waals surface area contributed by atoms with Gasteiger partial charge in [0, 0.05) is 31.0 Å². The van der Waals surface area contributed by atoms with E-state index in [1.54, 1.807) is 19.4 Å². The fourth-order valence-electron chi connectivity index (χ4n) is 2.38. The average molecular weight is 624 g/mol. The number of aliphatic hydroxyl groups is 1. The number of aliphatic hydroxyl groups excluding tert-OH is 1. The SMILES string of the molecule is CC(c1ccc(C(F)(F)Cl)nc1)S(C)(=O)=NC#N.CC(c1ccc(C(F)(F)Cl)nc1)S(C)=NC#N.CO.F. The Morgan fingerprint density at radius 2 is 1.39 bits per heavy atom. The average Bonchev–Trinajstić information content (AvgIpc) is 2.84. The third kappa shape index (κ3) is 12.0. The number of halogens is 7. The summed E-state index contributed by atoms with van der Waals surface area (Å²) in [5.74, 6) is 0. The molecule has 38 heavy (non-hydrogen) atoms. The Labute approximate surface area is 230 Å². The van der Waals surface area contributed by atoms with Crippen LogP contribution < -0.4 is 0 Å². The second-order valence-electron chi connectivity index (χ2n) is 7.00. The summed E-state index contributed by atoms with van der Waals surface area (Å²) < 4.78 is 69.9. The zero-order chi connectivity index (χ0) is 29.0. The topological polar surface area (TPSA) is 135 Å². The Balaban J connectivity index is 0. The molecule has 0 bridgehead atoms. The van der Waals surface area contributed by atoms with E-state index < -0.39 is 47.8 Å². The first-order valence-electron chi connectivity index (χ1n) is 9.89. The second kappa shape index (κ2) is 16.5. The van der Waals surface area contributed by atoms with Crippen LogP contribution in [0.15, 0.2) is 45.4 Å². The van der Waals surface area contributed by atoms with Crippen LogP contribution in [-0.2, 0) is 31.2 Å². The molecule has 0 saturated carbocycles.